The summed E-state index contributed by atoms with van der Waals surface area (Å²) in [6.45, 7) is 3.81. The van der Waals surface area contributed by atoms with Crippen LogP contribution < -0.4 is 10.0 Å². The van der Waals surface area contributed by atoms with E-state index in [1.165, 1.54) is 25.5 Å². The quantitative estimate of drug-likeness (QED) is 0.875. The van der Waals surface area contributed by atoms with Gasteiger partial charge in [-0.3, -0.25) is 14.2 Å². The zero-order valence-corrected chi connectivity index (χ0v) is 13.4. The van der Waals surface area contributed by atoms with Gasteiger partial charge >= 0.3 is 0 Å². The van der Waals surface area contributed by atoms with E-state index in [0.29, 0.717) is 11.3 Å². The maximum Gasteiger partial charge on any atom is 0.265 e. The van der Waals surface area contributed by atoms with Crippen LogP contribution in [0.4, 0.5) is 5.69 Å². The van der Waals surface area contributed by atoms with Gasteiger partial charge in [-0.15, -0.1) is 0 Å². The van der Waals surface area contributed by atoms with Crippen molar-refractivity contribution in [3.8, 4) is 0 Å². The number of nitrogens with one attached hydrogen (secondary N) is 2. The molecule has 1 heterocycles. The molecule has 2 aromatic rings. The van der Waals surface area contributed by atoms with Crippen LogP contribution in [0.25, 0.3) is 0 Å². The molecule has 7 nitrogen and oxygen atoms in total. The smallest absolute Gasteiger partial charge is 0.265 e. The van der Waals surface area contributed by atoms with Gasteiger partial charge in [0.05, 0.1) is 6.20 Å². The largest absolute Gasteiger partial charge is 0.355 e. The highest BCUT2D eigenvalue weighted by molar-refractivity contribution is 7.92. The Morgan fingerprint density at radius 1 is 1.32 bits per heavy atom. The molecule has 1 aromatic carbocycles. The van der Waals surface area contributed by atoms with Crippen LogP contribution in [-0.2, 0) is 10.0 Å². The molecule has 0 saturated carbocycles. The van der Waals surface area contributed by atoms with Crippen molar-refractivity contribution in [3.05, 3.63) is 42.2 Å². The molecule has 0 unspecified atom stereocenters. The highest BCUT2D eigenvalue weighted by Crippen LogP contribution is 2.18. The molecule has 8 heteroatoms. The molecule has 0 fully saturated rings. The fourth-order valence-electron chi connectivity index (χ4n) is 1.82. The van der Waals surface area contributed by atoms with Gasteiger partial charge < -0.3 is 5.32 Å². The molecule has 0 bridgehead atoms. The summed E-state index contributed by atoms with van der Waals surface area (Å²) in [5.74, 6) is -0.284. The third-order valence-electron chi connectivity index (χ3n) is 3.02. The van der Waals surface area contributed by atoms with E-state index >= 15 is 0 Å². The Morgan fingerprint density at radius 2 is 2.05 bits per heavy atom. The maximum atomic E-state index is 12.3. The summed E-state index contributed by atoms with van der Waals surface area (Å²) in [6.07, 6.45) is 2.76. The van der Waals surface area contributed by atoms with Crippen molar-refractivity contribution >= 4 is 21.6 Å². The lowest BCUT2D eigenvalue weighted by Gasteiger charge is -2.08. The molecule has 22 heavy (non-hydrogen) atoms. The second-order valence-corrected chi connectivity index (χ2v) is 6.70. The van der Waals surface area contributed by atoms with Crippen LogP contribution in [0.3, 0.4) is 0 Å². The Bertz CT molecular complexity index is 781. The number of nitrogens with zero attached hydrogens (tertiary/aromatic N) is 2. The van der Waals surface area contributed by atoms with Crippen LogP contribution in [0.2, 0.25) is 0 Å². The first-order chi connectivity index (χ1) is 10.3. The number of amides is 1. The molecular weight excluding hydrogens is 304 g/mol. The minimum atomic E-state index is -3.74. The molecule has 0 aliphatic heterocycles. The van der Waals surface area contributed by atoms with Crippen LogP contribution in [-0.4, -0.2) is 31.2 Å². The van der Waals surface area contributed by atoms with E-state index in [-0.39, 0.29) is 16.8 Å². The highest BCUT2D eigenvalue weighted by atomic mass is 32.2. The van der Waals surface area contributed by atoms with E-state index in [1.807, 2.05) is 13.8 Å². The van der Waals surface area contributed by atoms with E-state index in [0.717, 1.165) is 0 Å². The number of hydrogen-bond donors (Lipinski definition) is 2. The minimum absolute atomic E-state index is 0.0699. The third kappa shape index (κ3) is 3.45. The molecular formula is C14H18N4O3S. The third-order valence-corrected chi connectivity index (χ3v) is 4.36. The van der Waals surface area contributed by atoms with Gasteiger partial charge in [0.2, 0.25) is 0 Å². The zero-order valence-electron chi connectivity index (χ0n) is 12.6. The average Bonchev–Trinajstić information content (AvgIpc) is 2.97. The number of carbonyl (C=O) groups excluding carboxylic acids is 1. The molecule has 2 rings (SSSR count). The summed E-state index contributed by atoms with van der Waals surface area (Å²) in [4.78, 5) is 11.7. The molecule has 0 radical (unpaired) electrons. The topological polar surface area (TPSA) is 93.1 Å². The van der Waals surface area contributed by atoms with Crippen molar-refractivity contribution in [1.82, 2.24) is 15.1 Å². The number of carbonyl (C=O) groups is 1. The molecule has 1 amide bonds. The number of rotatable bonds is 5. The number of hydrogen-bond acceptors (Lipinski definition) is 4. The highest BCUT2D eigenvalue weighted by Gasteiger charge is 2.18. The van der Waals surface area contributed by atoms with Gasteiger partial charge in [-0.05, 0) is 32.0 Å². The van der Waals surface area contributed by atoms with Crippen LogP contribution in [0.5, 0.6) is 0 Å². The first kappa shape index (κ1) is 16.0. The van der Waals surface area contributed by atoms with Crippen molar-refractivity contribution in [2.75, 3.05) is 11.8 Å². The first-order valence-corrected chi connectivity index (χ1v) is 8.21. The summed E-state index contributed by atoms with van der Waals surface area (Å²) in [7, 11) is -2.23. The van der Waals surface area contributed by atoms with E-state index in [4.69, 9.17) is 0 Å². The average molecular weight is 322 g/mol. The van der Waals surface area contributed by atoms with Crippen molar-refractivity contribution < 1.29 is 13.2 Å². The fraction of sp³-hybridized carbons (Fsp3) is 0.286. The Hall–Kier alpha value is -2.35. The molecule has 118 valence electrons. The van der Waals surface area contributed by atoms with E-state index in [9.17, 15) is 13.2 Å². The zero-order chi connectivity index (χ0) is 16.3. The van der Waals surface area contributed by atoms with Crippen molar-refractivity contribution in [2.24, 2.45) is 0 Å². The van der Waals surface area contributed by atoms with Crippen molar-refractivity contribution in [3.63, 3.8) is 0 Å². The summed E-state index contributed by atoms with van der Waals surface area (Å²) >= 11 is 0. The second kappa shape index (κ2) is 6.18. The van der Waals surface area contributed by atoms with Crippen LogP contribution in [0.15, 0.2) is 41.6 Å². The monoisotopic (exact) mass is 322 g/mol. The minimum Gasteiger partial charge on any atom is -0.355 e. The number of aromatic nitrogens is 2. The molecule has 0 aliphatic rings. The second-order valence-electron chi connectivity index (χ2n) is 5.02. The van der Waals surface area contributed by atoms with E-state index in [1.54, 1.807) is 22.9 Å². The van der Waals surface area contributed by atoms with Crippen LogP contribution in [0.1, 0.15) is 30.2 Å². The molecule has 0 atom stereocenters. The molecule has 1 aromatic heterocycles. The lowest BCUT2D eigenvalue weighted by molar-refractivity contribution is 0.0963. The van der Waals surface area contributed by atoms with E-state index < -0.39 is 10.0 Å². The van der Waals surface area contributed by atoms with Gasteiger partial charge in [-0.1, -0.05) is 6.07 Å². The number of benzene rings is 1. The summed E-state index contributed by atoms with van der Waals surface area (Å²) in [5.41, 5.74) is 0.693. The normalized spacial score (nSPS) is 11.5. The molecule has 2 N–H and O–H groups in total. The van der Waals surface area contributed by atoms with Gasteiger partial charge in [0.15, 0.2) is 0 Å². The van der Waals surface area contributed by atoms with Gasteiger partial charge in [0.25, 0.3) is 15.9 Å². The summed E-state index contributed by atoms with van der Waals surface area (Å²) in [6, 6.07) is 6.34. The van der Waals surface area contributed by atoms with Gasteiger partial charge in [-0.25, -0.2) is 8.42 Å². The predicted molar refractivity (Wildman–Crippen MR) is 83.3 cm³/mol. The van der Waals surface area contributed by atoms with Crippen LogP contribution in [0, 0.1) is 0 Å². The number of sulfonamides is 1. The lowest BCUT2D eigenvalue weighted by atomic mass is 10.2. The fourth-order valence-corrected chi connectivity index (χ4v) is 2.81. The van der Waals surface area contributed by atoms with Crippen molar-refractivity contribution in [1.29, 1.82) is 0 Å². The standard InChI is InChI=1S/C14H18N4O3S/c1-10(2)18-9-13(8-16-18)22(20,21)17-12-6-4-5-11(7-12)14(19)15-3/h4-10,17H,1-3H3,(H,15,19). The Morgan fingerprint density at radius 3 is 2.64 bits per heavy atom. The van der Waals surface area contributed by atoms with E-state index in [2.05, 4.69) is 15.1 Å². The molecule has 0 spiro atoms. The predicted octanol–water partition coefficient (Wildman–Crippen LogP) is 1.62. The Labute approximate surface area is 129 Å². The van der Waals surface area contributed by atoms with Gasteiger partial charge in [0, 0.05) is 30.5 Å². The van der Waals surface area contributed by atoms with Crippen LogP contribution >= 0.6 is 0 Å². The first-order valence-electron chi connectivity index (χ1n) is 6.72. The maximum absolute atomic E-state index is 12.3. The summed E-state index contributed by atoms with van der Waals surface area (Å²) < 4.78 is 28.7. The summed E-state index contributed by atoms with van der Waals surface area (Å²) in [5, 5.41) is 6.51. The van der Waals surface area contributed by atoms with Gasteiger partial charge in [-0.2, -0.15) is 5.10 Å². The molecule has 0 saturated heterocycles. The van der Waals surface area contributed by atoms with Crippen molar-refractivity contribution in [2.45, 2.75) is 24.8 Å². The SMILES string of the molecule is CNC(=O)c1cccc(NS(=O)(=O)c2cnn(C(C)C)c2)c1. The Kier molecular flexibility index (Phi) is 4.51. The van der Waals surface area contributed by atoms with Gasteiger partial charge in [0.1, 0.15) is 4.90 Å². The number of anilines is 1. The molecule has 0 aliphatic carbocycles. The lowest BCUT2D eigenvalue weighted by Crippen LogP contribution is -2.18. The Balaban J connectivity index is 2.26.